The quantitative estimate of drug-likeness (QED) is 0.548. The molecule has 0 bridgehead atoms. The molecule has 0 aliphatic heterocycles. The van der Waals surface area contributed by atoms with Crippen LogP contribution in [0.4, 0.5) is 0 Å². The molecule has 3 rings (SSSR count). The lowest BCUT2D eigenvalue weighted by Gasteiger charge is -2.18. The number of allylic oxidation sites excluding steroid dienone is 1. The van der Waals surface area contributed by atoms with Crippen molar-refractivity contribution in [3.05, 3.63) is 71.6 Å². The van der Waals surface area contributed by atoms with Crippen LogP contribution < -0.4 is 0 Å². The second-order valence-corrected chi connectivity index (χ2v) is 8.13. The van der Waals surface area contributed by atoms with E-state index in [1.165, 1.54) is 5.56 Å². The zero-order valence-corrected chi connectivity index (χ0v) is 16.5. The van der Waals surface area contributed by atoms with Gasteiger partial charge in [0.1, 0.15) is 0 Å². The SMILES string of the molecule is C#C/C=C\c1cc(-c2cccc(-c3cc(CC(C)(C)C)ccn3)c2)[nH]c1C. The van der Waals surface area contributed by atoms with Crippen LogP contribution in [0.15, 0.2) is 54.7 Å². The zero-order valence-electron chi connectivity index (χ0n) is 16.5. The molecule has 0 saturated carbocycles. The van der Waals surface area contributed by atoms with Gasteiger partial charge in [0.15, 0.2) is 0 Å². The molecule has 0 atom stereocenters. The third-order valence-electron chi connectivity index (χ3n) is 4.44. The molecule has 1 N–H and O–H groups in total. The third-order valence-corrected chi connectivity index (χ3v) is 4.44. The summed E-state index contributed by atoms with van der Waals surface area (Å²) in [5, 5.41) is 0. The van der Waals surface area contributed by atoms with E-state index in [9.17, 15) is 0 Å². The Labute approximate surface area is 162 Å². The Kier molecular flexibility index (Phi) is 5.33. The highest BCUT2D eigenvalue weighted by atomic mass is 14.7. The van der Waals surface area contributed by atoms with Crippen molar-refractivity contribution in [2.24, 2.45) is 5.41 Å². The molecule has 0 spiro atoms. The van der Waals surface area contributed by atoms with Gasteiger partial charge in [0, 0.05) is 23.1 Å². The Morgan fingerprint density at radius 3 is 2.63 bits per heavy atom. The van der Waals surface area contributed by atoms with Crippen molar-refractivity contribution in [3.63, 3.8) is 0 Å². The fourth-order valence-electron chi connectivity index (χ4n) is 3.24. The van der Waals surface area contributed by atoms with Crippen molar-refractivity contribution < 1.29 is 0 Å². The number of aromatic amines is 1. The van der Waals surface area contributed by atoms with E-state index in [-0.39, 0.29) is 5.41 Å². The Balaban J connectivity index is 1.94. The fraction of sp³-hybridized carbons (Fsp3) is 0.240. The number of rotatable bonds is 4. The Hall–Kier alpha value is -3.05. The number of aryl methyl sites for hydroxylation is 1. The second-order valence-electron chi connectivity index (χ2n) is 8.13. The van der Waals surface area contributed by atoms with Crippen LogP contribution in [0.1, 0.15) is 37.6 Å². The number of H-pyrrole nitrogens is 1. The summed E-state index contributed by atoms with van der Waals surface area (Å²) in [4.78, 5) is 8.04. The summed E-state index contributed by atoms with van der Waals surface area (Å²) in [6, 6.07) is 14.9. The average molecular weight is 354 g/mol. The summed E-state index contributed by atoms with van der Waals surface area (Å²) in [7, 11) is 0. The van der Waals surface area contributed by atoms with Crippen LogP contribution in [0, 0.1) is 24.7 Å². The molecule has 27 heavy (non-hydrogen) atoms. The van der Waals surface area contributed by atoms with Crippen molar-refractivity contribution in [1.82, 2.24) is 9.97 Å². The number of hydrogen-bond donors (Lipinski definition) is 1. The van der Waals surface area contributed by atoms with Gasteiger partial charge in [0.05, 0.1) is 5.69 Å². The van der Waals surface area contributed by atoms with E-state index in [4.69, 9.17) is 6.42 Å². The van der Waals surface area contributed by atoms with E-state index in [1.807, 2.05) is 12.3 Å². The molecular formula is C25H26N2. The smallest absolute Gasteiger partial charge is 0.0704 e. The Morgan fingerprint density at radius 1 is 1.11 bits per heavy atom. The molecule has 0 unspecified atom stereocenters. The number of terminal acetylenes is 1. The maximum absolute atomic E-state index is 5.33. The summed E-state index contributed by atoms with van der Waals surface area (Å²) < 4.78 is 0. The summed E-state index contributed by atoms with van der Waals surface area (Å²) >= 11 is 0. The van der Waals surface area contributed by atoms with Crippen LogP contribution in [0.3, 0.4) is 0 Å². The van der Waals surface area contributed by atoms with Crippen molar-refractivity contribution in [3.8, 4) is 34.9 Å². The van der Waals surface area contributed by atoms with Crippen LogP contribution in [-0.2, 0) is 6.42 Å². The monoisotopic (exact) mass is 354 g/mol. The minimum absolute atomic E-state index is 0.255. The molecule has 2 nitrogen and oxygen atoms in total. The van der Waals surface area contributed by atoms with Gasteiger partial charge in [-0.3, -0.25) is 4.98 Å². The van der Waals surface area contributed by atoms with Crippen molar-refractivity contribution in [2.45, 2.75) is 34.1 Å². The Morgan fingerprint density at radius 2 is 1.89 bits per heavy atom. The highest BCUT2D eigenvalue weighted by Crippen LogP contribution is 2.28. The van der Waals surface area contributed by atoms with Crippen molar-refractivity contribution in [1.29, 1.82) is 0 Å². The van der Waals surface area contributed by atoms with Gasteiger partial charge in [-0.05, 0) is 71.9 Å². The van der Waals surface area contributed by atoms with E-state index < -0.39 is 0 Å². The first-order valence-electron chi connectivity index (χ1n) is 9.24. The van der Waals surface area contributed by atoms with E-state index in [1.54, 1.807) is 6.08 Å². The maximum Gasteiger partial charge on any atom is 0.0704 e. The van der Waals surface area contributed by atoms with Gasteiger partial charge < -0.3 is 4.98 Å². The van der Waals surface area contributed by atoms with Crippen LogP contribution in [0.25, 0.3) is 28.6 Å². The lowest BCUT2D eigenvalue weighted by Crippen LogP contribution is -2.09. The van der Waals surface area contributed by atoms with Crippen LogP contribution in [-0.4, -0.2) is 9.97 Å². The molecule has 1 aromatic carbocycles. The predicted molar refractivity (Wildman–Crippen MR) is 115 cm³/mol. The molecule has 0 aliphatic rings. The first-order valence-corrected chi connectivity index (χ1v) is 9.24. The first kappa shape index (κ1) is 18.7. The summed E-state index contributed by atoms with van der Waals surface area (Å²) in [5.41, 5.74) is 8.13. The molecule has 3 aromatic rings. The van der Waals surface area contributed by atoms with Gasteiger partial charge >= 0.3 is 0 Å². The van der Waals surface area contributed by atoms with Crippen molar-refractivity contribution >= 4 is 6.08 Å². The summed E-state index contributed by atoms with van der Waals surface area (Å²) in [6.45, 7) is 8.83. The standard InChI is InChI=1S/C25H26N2/c1-6-7-9-20-16-24(27-18(20)2)22-11-8-10-21(15-22)23-14-19(12-13-26-23)17-25(3,4)5/h1,7-16,27H,17H2,2-5H3/b9-7-. The second kappa shape index (κ2) is 7.68. The molecule has 2 heterocycles. The minimum Gasteiger partial charge on any atom is -0.358 e. The molecule has 2 aromatic heterocycles. The van der Waals surface area contributed by atoms with E-state index in [0.717, 1.165) is 40.2 Å². The number of nitrogens with zero attached hydrogens (tertiary/aromatic N) is 1. The fourth-order valence-corrected chi connectivity index (χ4v) is 3.24. The predicted octanol–water partition coefficient (Wildman–Crippen LogP) is 6.29. The van der Waals surface area contributed by atoms with E-state index in [0.29, 0.717) is 0 Å². The molecule has 0 radical (unpaired) electrons. The van der Waals surface area contributed by atoms with Gasteiger partial charge in [0.2, 0.25) is 0 Å². The molecule has 0 saturated heterocycles. The van der Waals surface area contributed by atoms with Gasteiger partial charge in [-0.2, -0.15) is 0 Å². The Bertz CT molecular complexity index is 1010. The summed E-state index contributed by atoms with van der Waals surface area (Å²) in [5.74, 6) is 2.54. The molecule has 0 fully saturated rings. The van der Waals surface area contributed by atoms with Gasteiger partial charge in [-0.25, -0.2) is 0 Å². The molecule has 2 heteroatoms. The molecule has 0 aliphatic carbocycles. The van der Waals surface area contributed by atoms with E-state index in [2.05, 4.69) is 86.0 Å². The highest BCUT2D eigenvalue weighted by molar-refractivity contribution is 5.72. The third kappa shape index (κ3) is 4.77. The van der Waals surface area contributed by atoms with Gasteiger partial charge in [-0.15, -0.1) is 6.42 Å². The van der Waals surface area contributed by atoms with Crippen LogP contribution >= 0.6 is 0 Å². The topological polar surface area (TPSA) is 28.7 Å². The number of benzene rings is 1. The normalized spacial score (nSPS) is 11.7. The average Bonchev–Trinajstić information content (AvgIpc) is 3.00. The number of aromatic nitrogens is 2. The van der Waals surface area contributed by atoms with Gasteiger partial charge in [0.25, 0.3) is 0 Å². The lowest BCUT2D eigenvalue weighted by molar-refractivity contribution is 0.411. The molecule has 136 valence electrons. The van der Waals surface area contributed by atoms with Crippen LogP contribution in [0.5, 0.6) is 0 Å². The molecule has 0 amide bonds. The maximum atomic E-state index is 5.33. The first-order chi connectivity index (χ1) is 12.9. The summed E-state index contributed by atoms with van der Waals surface area (Å²) in [6.07, 6.45) is 11.9. The number of nitrogens with one attached hydrogen (secondary N) is 1. The van der Waals surface area contributed by atoms with Crippen molar-refractivity contribution in [2.75, 3.05) is 0 Å². The van der Waals surface area contributed by atoms with E-state index >= 15 is 0 Å². The number of pyridine rings is 1. The largest absolute Gasteiger partial charge is 0.358 e. The molecular weight excluding hydrogens is 328 g/mol. The lowest BCUT2D eigenvalue weighted by atomic mass is 9.88. The van der Waals surface area contributed by atoms with Crippen LogP contribution in [0.2, 0.25) is 0 Å². The van der Waals surface area contributed by atoms with Gasteiger partial charge in [-0.1, -0.05) is 44.9 Å². The highest BCUT2D eigenvalue weighted by Gasteiger charge is 2.12. The zero-order chi connectivity index (χ0) is 19.4. The number of hydrogen-bond acceptors (Lipinski definition) is 1. The minimum atomic E-state index is 0.255.